The minimum Gasteiger partial charge on any atom is -0.371 e. The first-order chi connectivity index (χ1) is 12.6. The van der Waals surface area contributed by atoms with Gasteiger partial charge in [0.2, 0.25) is 0 Å². The molecule has 4 rings (SSSR count). The molecule has 0 radical (unpaired) electrons. The fraction of sp³-hybridized carbons (Fsp3) is 0.286. The van der Waals surface area contributed by atoms with Gasteiger partial charge in [-0.15, -0.1) is 0 Å². The quantitative estimate of drug-likeness (QED) is 0.708. The van der Waals surface area contributed by atoms with Crippen LogP contribution in [0.3, 0.4) is 0 Å². The molecule has 26 heavy (non-hydrogen) atoms. The summed E-state index contributed by atoms with van der Waals surface area (Å²) in [4.78, 5) is 18.0. The summed E-state index contributed by atoms with van der Waals surface area (Å²) in [5.41, 5.74) is 3.80. The maximum Gasteiger partial charge on any atom is 0.272 e. The van der Waals surface area contributed by atoms with Crippen LogP contribution in [0.15, 0.2) is 42.5 Å². The van der Waals surface area contributed by atoms with Crippen molar-refractivity contribution in [1.82, 2.24) is 4.98 Å². The Hall–Kier alpha value is -2.82. The van der Waals surface area contributed by atoms with Crippen LogP contribution in [0, 0.1) is 12.7 Å². The van der Waals surface area contributed by atoms with Gasteiger partial charge in [-0.05, 0) is 62.1 Å². The summed E-state index contributed by atoms with van der Waals surface area (Å²) in [7, 11) is 0. The van der Waals surface area contributed by atoms with Crippen LogP contribution >= 0.6 is 0 Å². The van der Waals surface area contributed by atoms with E-state index in [0.717, 1.165) is 30.0 Å². The molecule has 0 saturated carbocycles. The van der Waals surface area contributed by atoms with Crippen molar-refractivity contribution in [3.63, 3.8) is 0 Å². The number of hydrogen-bond donors (Lipinski definition) is 2. The topological polar surface area (TPSA) is 48.1 Å². The minimum atomic E-state index is -0.326. The fourth-order valence-corrected chi connectivity index (χ4v) is 3.58. The van der Waals surface area contributed by atoms with E-state index >= 15 is 0 Å². The number of benzene rings is 2. The number of H-pyrrole nitrogens is 1. The third-order valence-corrected chi connectivity index (χ3v) is 5.02. The van der Waals surface area contributed by atoms with E-state index in [4.69, 9.17) is 0 Å². The van der Waals surface area contributed by atoms with E-state index in [9.17, 15) is 9.18 Å². The van der Waals surface area contributed by atoms with E-state index in [-0.39, 0.29) is 11.7 Å². The molecule has 134 valence electrons. The average Bonchev–Trinajstić information content (AvgIpc) is 3.13. The van der Waals surface area contributed by atoms with Crippen molar-refractivity contribution in [3.05, 3.63) is 59.5 Å². The van der Waals surface area contributed by atoms with Gasteiger partial charge >= 0.3 is 0 Å². The Morgan fingerprint density at radius 2 is 1.92 bits per heavy atom. The van der Waals surface area contributed by atoms with Crippen LogP contribution < -0.4 is 10.2 Å². The molecule has 1 aliphatic heterocycles. The first kappa shape index (κ1) is 16.6. The smallest absolute Gasteiger partial charge is 0.272 e. The predicted octanol–water partition coefficient (Wildman–Crippen LogP) is 4.86. The Bertz CT molecular complexity index is 918. The Morgan fingerprint density at radius 3 is 2.69 bits per heavy atom. The number of anilines is 2. The van der Waals surface area contributed by atoms with E-state index in [1.165, 1.54) is 25.3 Å². The van der Waals surface area contributed by atoms with Gasteiger partial charge in [-0.2, -0.15) is 0 Å². The second kappa shape index (κ2) is 6.83. The lowest BCUT2D eigenvalue weighted by molar-refractivity contribution is 0.102. The lowest BCUT2D eigenvalue weighted by Gasteiger charge is -2.29. The highest BCUT2D eigenvalue weighted by atomic mass is 19.1. The van der Waals surface area contributed by atoms with Gasteiger partial charge in [0, 0.05) is 29.9 Å². The van der Waals surface area contributed by atoms with Gasteiger partial charge in [-0.1, -0.05) is 12.1 Å². The van der Waals surface area contributed by atoms with Crippen LogP contribution in [0.2, 0.25) is 0 Å². The highest BCUT2D eigenvalue weighted by Gasteiger charge is 2.15. The summed E-state index contributed by atoms with van der Waals surface area (Å²) in [6.45, 7) is 4.00. The number of aromatic nitrogens is 1. The average molecular weight is 351 g/mol. The van der Waals surface area contributed by atoms with Crippen LogP contribution in [0.5, 0.6) is 0 Å². The van der Waals surface area contributed by atoms with Crippen LogP contribution in [0.1, 0.15) is 35.3 Å². The maximum absolute atomic E-state index is 14.0. The van der Waals surface area contributed by atoms with Crippen molar-refractivity contribution >= 4 is 28.2 Å². The van der Waals surface area contributed by atoms with Crippen LogP contribution in [0.25, 0.3) is 10.9 Å². The molecule has 3 aromatic rings. The van der Waals surface area contributed by atoms with Gasteiger partial charge in [0.15, 0.2) is 0 Å². The van der Waals surface area contributed by atoms with Crippen molar-refractivity contribution < 1.29 is 9.18 Å². The zero-order valence-electron chi connectivity index (χ0n) is 14.8. The predicted molar refractivity (Wildman–Crippen MR) is 103 cm³/mol. The van der Waals surface area contributed by atoms with Crippen molar-refractivity contribution in [3.8, 4) is 0 Å². The van der Waals surface area contributed by atoms with Gasteiger partial charge in [0.25, 0.3) is 5.91 Å². The van der Waals surface area contributed by atoms with Crippen molar-refractivity contribution in [2.75, 3.05) is 23.3 Å². The maximum atomic E-state index is 14.0. The largest absolute Gasteiger partial charge is 0.371 e. The number of aromatic amines is 1. The molecular weight excluding hydrogens is 329 g/mol. The van der Waals surface area contributed by atoms with Gasteiger partial charge < -0.3 is 15.2 Å². The molecule has 0 atom stereocenters. The van der Waals surface area contributed by atoms with Gasteiger partial charge in [0.05, 0.1) is 5.52 Å². The molecule has 1 aromatic heterocycles. The molecule has 0 bridgehead atoms. The van der Waals surface area contributed by atoms with E-state index in [1.54, 1.807) is 12.1 Å². The molecule has 0 aliphatic carbocycles. The molecular formula is C21H22FN3O. The molecule has 2 aromatic carbocycles. The molecule has 1 fully saturated rings. The Labute approximate surface area is 152 Å². The van der Waals surface area contributed by atoms with E-state index in [1.807, 2.05) is 25.1 Å². The summed E-state index contributed by atoms with van der Waals surface area (Å²) in [5.74, 6) is -0.594. The third kappa shape index (κ3) is 3.17. The van der Waals surface area contributed by atoms with Crippen LogP contribution in [0.4, 0.5) is 15.8 Å². The Balaban J connectivity index is 1.56. The minimum absolute atomic E-state index is 0.268. The van der Waals surface area contributed by atoms with Gasteiger partial charge in [0.1, 0.15) is 11.5 Å². The first-order valence-electron chi connectivity index (χ1n) is 9.06. The van der Waals surface area contributed by atoms with Crippen molar-refractivity contribution in [2.45, 2.75) is 26.2 Å². The molecule has 0 spiro atoms. The summed E-state index contributed by atoms with van der Waals surface area (Å²) in [6.07, 6.45) is 3.69. The number of hydrogen-bond acceptors (Lipinski definition) is 2. The molecule has 1 aliphatic rings. The molecule has 5 heteroatoms. The van der Waals surface area contributed by atoms with Crippen LogP contribution in [-0.4, -0.2) is 24.0 Å². The molecule has 4 nitrogen and oxygen atoms in total. The summed E-state index contributed by atoms with van der Waals surface area (Å²) in [5, 5.41) is 3.36. The van der Waals surface area contributed by atoms with Crippen molar-refractivity contribution in [1.29, 1.82) is 0 Å². The molecule has 1 saturated heterocycles. The molecule has 1 amide bonds. The third-order valence-electron chi connectivity index (χ3n) is 5.02. The number of rotatable bonds is 3. The molecule has 2 N–H and O–H groups in total. The number of nitrogens with one attached hydrogen (secondary N) is 2. The number of carbonyl (C=O) groups is 1. The highest BCUT2D eigenvalue weighted by Crippen LogP contribution is 2.25. The summed E-state index contributed by atoms with van der Waals surface area (Å²) >= 11 is 0. The number of halogens is 1. The van der Waals surface area contributed by atoms with Gasteiger partial charge in [-0.3, -0.25) is 4.79 Å². The number of nitrogens with zero attached hydrogens (tertiary/aromatic N) is 1. The van der Waals surface area contributed by atoms with E-state index in [2.05, 4.69) is 21.3 Å². The highest BCUT2D eigenvalue weighted by molar-refractivity contribution is 6.06. The second-order valence-corrected chi connectivity index (χ2v) is 6.89. The summed E-state index contributed by atoms with van der Waals surface area (Å²) < 4.78 is 14.0. The molecule has 0 unspecified atom stereocenters. The Kier molecular flexibility index (Phi) is 4.37. The van der Waals surface area contributed by atoms with Gasteiger partial charge in [-0.25, -0.2) is 4.39 Å². The standard InChI is InChI=1S/C21H22FN3O/c1-14-8-9-18(22)17-13-19(24-20(14)17)21(26)23-15-6-5-7-16(12-15)25-10-3-2-4-11-25/h5-9,12-13,24H,2-4,10-11H2,1H3,(H,23,26). The Morgan fingerprint density at radius 1 is 1.12 bits per heavy atom. The number of fused-ring (bicyclic) bond motifs is 1. The first-order valence-corrected chi connectivity index (χ1v) is 9.06. The lowest BCUT2D eigenvalue weighted by atomic mass is 10.1. The van der Waals surface area contributed by atoms with E-state index in [0.29, 0.717) is 16.6 Å². The number of amides is 1. The van der Waals surface area contributed by atoms with Crippen molar-refractivity contribution in [2.24, 2.45) is 0 Å². The summed E-state index contributed by atoms with van der Waals surface area (Å²) in [6, 6.07) is 12.6. The van der Waals surface area contributed by atoms with Crippen LogP contribution in [-0.2, 0) is 0 Å². The zero-order valence-corrected chi connectivity index (χ0v) is 14.8. The molecule has 2 heterocycles. The van der Waals surface area contributed by atoms with E-state index < -0.39 is 0 Å². The SMILES string of the molecule is Cc1ccc(F)c2cc(C(=O)Nc3cccc(N4CCCCC4)c3)[nH]c12. The number of aryl methyl sites for hydroxylation is 1. The second-order valence-electron chi connectivity index (χ2n) is 6.89. The number of piperidine rings is 1. The normalized spacial score (nSPS) is 14.6. The number of carbonyl (C=O) groups excluding carboxylic acids is 1. The monoisotopic (exact) mass is 351 g/mol. The fourth-order valence-electron chi connectivity index (χ4n) is 3.58. The zero-order chi connectivity index (χ0) is 18.1. The lowest BCUT2D eigenvalue weighted by Crippen LogP contribution is -2.29.